The average molecular weight is 373 g/mol. The second-order valence-corrected chi connectivity index (χ2v) is 9.44. The van der Waals surface area contributed by atoms with E-state index >= 15 is 0 Å². The Balaban J connectivity index is 1.75. The number of allylic oxidation sites excluding steroid dienone is 4. The lowest BCUT2D eigenvalue weighted by molar-refractivity contribution is -0.137. The highest BCUT2D eigenvalue weighted by Crippen LogP contribution is 2.59. The largest absolute Gasteiger partial charge is 0.481 e. The number of rotatable bonds is 5. The van der Waals surface area contributed by atoms with Crippen molar-refractivity contribution in [3.63, 3.8) is 0 Å². The van der Waals surface area contributed by atoms with E-state index in [1.807, 2.05) is 0 Å². The van der Waals surface area contributed by atoms with Gasteiger partial charge in [-0.05, 0) is 86.5 Å². The van der Waals surface area contributed by atoms with Gasteiger partial charge in [-0.2, -0.15) is 0 Å². The van der Waals surface area contributed by atoms with Crippen molar-refractivity contribution in [2.75, 3.05) is 0 Å². The molecule has 0 radical (unpaired) electrons. The fraction of sp³-hybridized carbons (Fsp3) is 0.708. The van der Waals surface area contributed by atoms with Gasteiger partial charge in [0.05, 0.1) is 6.10 Å². The first-order chi connectivity index (χ1) is 12.8. The van der Waals surface area contributed by atoms with Gasteiger partial charge in [0.2, 0.25) is 0 Å². The minimum absolute atomic E-state index is 0.220. The van der Waals surface area contributed by atoms with Crippen molar-refractivity contribution in [1.29, 1.82) is 0 Å². The fourth-order valence-corrected chi connectivity index (χ4v) is 6.16. The number of carboxylic acids is 1. The van der Waals surface area contributed by atoms with Gasteiger partial charge in [0.25, 0.3) is 0 Å². The molecule has 0 unspecified atom stereocenters. The first kappa shape index (κ1) is 20.4. The lowest BCUT2D eigenvalue weighted by atomic mass is 9.60. The highest BCUT2D eigenvalue weighted by atomic mass is 16.4. The van der Waals surface area contributed by atoms with Crippen molar-refractivity contribution in [2.24, 2.45) is 23.2 Å². The number of carbonyl (C=O) groups is 1. The maximum Gasteiger partial charge on any atom is 0.303 e. The second-order valence-electron chi connectivity index (χ2n) is 9.44. The Morgan fingerprint density at radius 3 is 2.81 bits per heavy atom. The normalized spacial score (nSPS) is 38.2. The fourth-order valence-electron chi connectivity index (χ4n) is 6.16. The maximum absolute atomic E-state index is 11.0. The zero-order chi connectivity index (χ0) is 19.6. The van der Waals surface area contributed by atoms with Crippen molar-refractivity contribution in [3.8, 4) is 0 Å². The monoisotopic (exact) mass is 372 g/mol. The molecule has 3 aliphatic rings. The summed E-state index contributed by atoms with van der Waals surface area (Å²) in [6, 6.07) is 0. The van der Waals surface area contributed by atoms with Gasteiger partial charge < -0.3 is 10.2 Å². The van der Waals surface area contributed by atoms with E-state index in [0.717, 1.165) is 25.7 Å². The highest BCUT2D eigenvalue weighted by molar-refractivity contribution is 5.66. The van der Waals surface area contributed by atoms with Crippen LogP contribution in [-0.4, -0.2) is 22.3 Å². The van der Waals surface area contributed by atoms with Gasteiger partial charge in [0, 0.05) is 6.42 Å². The summed E-state index contributed by atoms with van der Waals surface area (Å²) >= 11 is 0. The molecule has 0 saturated heterocycles. The molecule has 3 nitrogen and oxygen atoms in total. The van der Waals surface area contributed by atoms with Crippen LogP contribution in [0.2, 0.25) is 0 Å². The smallest absolute Gasteiger partial charge is 0.303 e. The average Bonchev–Trinajstić information content (AvgIpc) is 2.98. The van der Waals surface area contributed by atoms with Crippen LogP contribution in [0.4, 0.5) is 0 Å². The molecule has 0 aliphatic heterocycles. The van der Waals surface area contributed by atoms with E-state index in [2.05, 4.69) is 32.6 Å². The summed E-state index contributed by atoms with van der Waals surface area (Å²) in [5, 5.41) is 19.0. The van der Waals surface area contributed by atoms with Gasteiger partial charge in [-0.15, -0.1) is 0 Å². The molecule has 3 rings (SSSR count). The first-order valence-electron chi connectivity index (χ1n) is 10.8. The third kappa shape index (κ3) is 4.39. The molecule has 0 aromatic heterocycles. The molecule has 3 heteroatoms. The minimum Gasteiger partial charge on any atom is -0.481 e. The Hall–Kier alpha value is -1.35. The first-order valence-corrected chi connectivity index (χ1v) is 10.8. The van der Waals surface area contributed by atoms with E-state index in [1.165, 1.54) is 43.3 Å². The van der Waals surface area contributed by atoms with E-state index in [0.29, 0.717) is 23.2 Å². The summed E-state index contributed by atoms with van der Waals surface area (Å²) in [6.07, 6.45) is 14.0. The van der Waals surface area contributed by atoms with Gasteiger partial charge in [0.15, 0.2) is 0 Å². The second kappa shape index (κ2) is 8.34. The van der Waals surface area contributed by atoms with Gasteiger partial charge in [0.1, 0.15) is 0 Å². The predicted molar refractivity (Wildman–Crippen MR) is 109 cm³/mol. The molecular weight excluding hydrogens is 336 g/mol. The van der Waals surface area contributed by atoms with E-state index in [9.17, 15) is 9.90 Å². The van der Waals surface area contributed by atoms with Gasteiger partial charge in [-0.1, -0.05) is 43.7 Å². The van der Waals surface area contributed by atoms with E-state index in [4.69, 9.17) is 5.11 Å². The standard InChI is InChI=1S/C24H36O3/c1-16-6-10-20(25)15-19(16)9-8-18-5-4-14-24(3)21(11-12-22(18)24)17(2)7-13-23(26)27/h8-9,17,20-22,25H,1,4-7,10-15H2,2-3H3,(H,26,27)/b18-8+,19-9-/t17-,20+,21-,22+,24-/m1/s1. The van der Waals surface area contributed by atoms with Crippen LogP contribution in [0.1, 0.15) is 78.1 Å². The minimum atomic E-state index is -0.674. The Labute approximate surface area is 164 Å². The quantitative estimate of drug-likeness (QED) is 0.655. The Kier molecular flexibility index (Phi) is 6.30. The molecule has 0 heterocycles. The van der Waals surface area contributed by atoms with E-state index < -0.39 is 5.97 Å². The van der Waals surface area contributed by atoms with Crippen molar-refractivity contribution in [1.82, 2.24) is 0 Å². The molecular formula is C24H36O3. The van der Waals surface area contributed by atoms with Crippen LogP contribution >= 0.6 is 0 Å². The molecule has 3 fully saturated rings. The highest BCUT2D eigenvalue weighted by Gasteiger charge is 2.50. The molecule has 2 N–H and O–H groups in total. The molecule has 0 amide bonds. The summed E-state index contributed by atoms with van der Waals surface area (Å²) in [4.78, 5) is 11.0. The summed E-state index contributed by atoms with van der Waals surface area (Å²) in [7, 11) is 0. The molecule has 5 atom stereocenters. The molecule has 0 aromatic carbocycles. The van der Waals surface area contributed by atoms with E-state index in [-0.39, 0.29) is 12.5 Å². The van der Waals surface area contributed by atoms with Crippen LogP contribution in [0, 0.1) is 23.2 Å². The lowest BCUT2D eigenvalue weighted by Gasteiger charge is -2.44. The third-order valence-corrected chi connectivity index (χ3v) is 7.73. The van der Waals surface area contributed by atoms with Gasteiger partial charge >= 0.3 is 5.97 Å². The van der Waals surface area contributed by atoms with Gasteiger partial charge in [-0.3, -0.25) is 4.79 Å². The number of fused-ring (bicyclic) bond motifs is 1. The summed E-state index contributed by atoms with van der Waals surface area (Å²) in [6.45, 7) is 8.90. The van der Waals surface area contributed by atoms with Crippen LogP contribution in [0.15, 0.2) is 35.5 Å². The zero-order valence-electron chi connectivity index (χ0n) is 17.0. The molecule has 0 aromatic rings. The van der Waals surface area contributed by atoms with Crippen LogP contribution in [0.3, 0.4) is 0 Å². The Morgan fingerprint density at radius 1 is 1.30 bits per heavy atom. The molecule has 27 heavy (non-hydrogen) atoms. The van der Waals surface area contributed by atoms with Crippen molar-refractivity contribution < 1.29 is 15.0 Å². The number of aliphatic carboxylic acids is 1. The summed E-state index contributed by atoms with van der Waals surface area (Å²) < 4.78 is 0. The predicted octanol–water partition coefficient (Wildman–Crippen LogP) is 5.66. The number of aliphatic hydroxyl groups excluding tert-OH is 1. The SMILES string of the molecule is C=C1CC[C@H](O)C/C1=C/C=C1\CCC[C@]2(C)[C@@H]([C@H](C)CCC(=O)O)CC[C@@H]12. The molecule has 3 saturated carbocycles. The van der Waals surface area contributed by atoms with Gasteiger partial charge in [-0.25, -0.2) is 0 Å². The van der Waals surface area contributed by atoms with Crippen LogP contribution in [0.5, 0.6) is 0 Å². The Bertz CT molecular complexity index is 644. The topological polar surface area (TPSA) is 57.5 Å². The van der Waals surface area contributed by atoms with E-state index in [1.54, 1.807) is 5.57 Å². The van der Waals surface area contributed by atoms with Crippen LogP contribution in [-0.2, 0) is 4.79 Å². The summed E-state index contributed by atoms with van der Waals surface area (Å²) in [5.74, 6) is 1.06. The molecule has 0 bridgehead atoms. The number of hydrogen-bond acceptors (Lipinski definition) is 2. The number of aliphatic hydroxyl groups is 1. The molecule has 0 spiro atoms. The van der Waals surface area contributed by atoms with Crippen molar-refractivity contribution >= 4 is 5.97 Å². The zero-order valence-corrected chi connectivity index (χ0v) is 17.0. The summed E-state index contributed by atoms with van der Waals surface area (Å²) in [5.41, 5.74) is 4.28. The van der Waals surface area contributed by atoms with Crippen molar-refractivity contribution in [2.45, 2.75) is 84.2 Å². The maximum atomic E-state index is 11.0. The van der Waals surface area contributed by atoms with Crippen LogP contribution in [0.25, 0.3) is 0 Å². The molecule has 3 aliphatic carbocycles. The lowest BCUT2D eigenvalue weighted by Crippen LogP contribution is -2.36. The third-order valence-electron chi connectivity index (χ3n) is 7.73. The number of hydrogen-bond donors (Lipinski definition) is 2. The van der Waals surface area contributed by atoms with Crippen LogP contribution < -0.4 is 0 Å². The number of carboxylic acid groups (broad SMARTS) is 1. The molecule has 150 valence electrons. The van der Waals surface area contributed by atoms with Crippen molar-refractivity contribution in [3.05, 3.63) is 35.5 Å². The Morgan fingerprint density at radius 2 is 2.07 bits per heavy atom.